The smallest absolute Gasteiger partial charge is 0.320 e. The zero-order valence-corrected chi connectivity index (χ0v) is 11.2. The van der Waals surface area contributed by atoms with Crippen molar-refractivity contribution in [1.82, 2.24) is 0 Å². The van der Waals surface area contributed by atoms with Crippen LogP contribution in [-0.4, -0.2) is 23.7 Å². The highest BCUT2D eigenvalue weighted by molar-refractivity contribution is 5.95. The molecule has 20 heavy (non-hydrogen) atoms. The van der Waals surface area contributed by atoms with Crippen molar-refractivity contribution in [1.29, 1.82) is 0 Å². The topological polar surface area (TPSA) is 63.6 Å². The lowest BCUT2D eigenvalue weighted by molar-refractivity contribution is -0.158. The number of hydrogen-bond acceptors (Lipinski definition) is 3. The first-order chi connectivity index (χ1) is 9.63. The molecule has 0 fully saturated rings. The van der Waals surface area contributed by atoms with Crippen LogP contribution in [0.2, 0.25) is 0 Å². The number of fused-ring (bicyclic) bond motifs is 1. The lowest BCUT2D eigenvalue weighted by Crippen LogP contribution is -2.28. The number of carbonyl (C=O) groups excluding carboxylic acids is 1. The van der Waals surface area contributed by atoms with E-state index < -0.39 is 17.9 Å². The van der Waals surface area contributed by atoms with E-state index in [-0.39, 0.29) is 13.0 Å². The normalized spacial score (nSPS) is 12.1. The molecule has 4 heteroatoms. The van der Waals surface area contributed by atoms with Gasteiger partial charge in [0.15, 0.2) is 5.92 Å². The summed E-state index contributed by atoms with van der Waals surface area (Å²) in [5.74, 6) is -3.01. The van der Waals surface area contributed by atoms with Gasteiger partial charge in [0.25, 0.3) is 0 Å². The van der Waals surface area contributed by atoms with Crippen molar-refractivity contribution in [2.24, 2.45) is 5.92 Å². The minimum absolute atomic E-state index is 0.134. The fourth-order valence-corrected chi connectivity index (χ4v) is 2.20. The van der Waals surface area contributed by atoms with E-state index in [1.807, 2.05) is 42.5 Å². The molecule has 0 amide bonds. The van der Waals surface area contributed by atoms with Gasteiger partial charge in [0.2, 0.25) is 0 Å². The molecule has 2 aromatic rings. The molecule has 104 valence electrons. The number of carbonyl (C=O) groups is 2. The average Bonchev–Trinajstić information content (AvgIpc) is 2.44. The van der Waals surface area contributed by atoms with E-state index in [2.05, 4.69) is 0 Å². The highest BCUT2D eigenvalue weighted by Crippen LogP contribution is 2.22. The van der Waals surface area contributed by atoms with E-state index in [9.17, 15) is 14.7 Å². The molecule has 0 radical (unpaired) electrons. The summed E-state index contributed by atoms with van der Waals surface area (Å²) in [5.41, 5.74) is 0.837. The average molecular weight is 272 g/mol. The van der Waals surface area contributed by atoms with Gasteiger partial charge in [-0.15, -0.1) is 0 Å². The van der Waals surface area contributed by atoms with Crippen LogP contribution in [-0.2, 0) is 20.7 Å². The third-order valence-electron chi connectivity index (χ3n) is 3.17. The summed E-state index contributed by atoms with van der Waals surface area (Å²) in [6.07, 6.45) is 0.134. The quantitative estimate of drug-likeness (QED) is 0.671. The summed E-state index contributed by atoms with van der Waals surface area (Å²) in [6.45, 7) is 1.84. The van der Waals surface area contributed by atoms with Crippen LogP contribution < -0.4 is 0 Å². The second-order valence-electron chi connectivity index (χ2n) is 4.49. The maximum atomic E-state index is 11.7. The van der Waals surface area contributed by atoms with Crippen molar-refractivity contribution in [3.05, 3.63) is 48.0 Å². The van der Waals surface area contributed by atoms with Gasteiger partial charge in [0, 0.05) is 0 Å². The summed E-state index contributed by atoms with van der Waals surface area (Å²) in [7, 11) is 0. The summed E-state index contributed by atoms with van der Waals surface area (Å²) in [4.78, 5) is 23.0. The van der Waals surface area contributed by atoms with E-state index in [1.54, 1.807) is 6.92 Å². The van der Waals surface area contributed by atoms with Crippen LogP contribution >= 0.6 is 0 Å². The van der Waals surface area contributed by atoms with Gasteiger partial charge in [-0.25, -0.2) is 0 Å². The van der Waals surface area contributed by atoms with E-state index in [0.29, 0.717) is 0 Å². The van der Waals surface area contributed by atoms with Gasteiger partial charge in [0.05, 0.1) is 6.61 Å². The van der Waals surface area contributed by atoms with Crippen molar-refractivity contribution >= 4 is 22.7 Å². The molecule has 0 spiro atoms. The first-order valence-electron chi connectivity index (χ1n) is 6.49. The first-order valence-corrected chi connectivity index (χ1v) is 6.49. The number of aliphatic carboxylic acids is 1. The van der Waals surface area contributed by atoms with Crippen LogP contribution in [0.3, 0.4) is 0 Å². The van der Waals surface area contributed by atoms with Crippen LogP contribution in [0.25, 0.3) is 10.8 Å². The number of benzene rings is 2. The summed E-state index contributed by atoms with van der Waals surface area (Å²) >= 11 is 0. The van der Waals surface area contributed by atoms with Gasteiger partial charge in [-0.2, -0.15) is 0 Å². The predicted octanol–water partition coefficient (Wildman–Crippen LogP) is 2.65. The highest BCUT2D eigenvalue weighted by Gasteiger charge is 2.28. The Morgan fingerprint density at radius 2 is 1.85 bits per heavy atom. The Labute approximate surface area is 117 Å². The molecule has 0 aliphatic rings. The third kappa shape index (κ3) is 2.96. The molecule has 0 aliphatic carbocycles. The van der Waals surface area contributed by atoms with Crippen LogP contribution in [0.4, 0.5) is 0 Å². The van der Waals surface area contributed by atoms with E-state index in [1.165, 1.54) is 0 Å². The molecule has 1 atom stereocenters. The number of ether oxygens (including phenoxy) is 1. The summed E-state index contributed by atoms with van der Waals surface area (Å²) in [5, 5.41) is 11.2. The van der Waals surface area contributed by atoms with Crippen molar-refractivity contribution in [3.8, 4) is 0 Å². The van der Waals surface area contributed by atoms with E-state index in [4.69, 9.17) is 4.74 Å². The Bertz CT molecular complexity index is 628. The third-order valence-corrected chi connectivity index (χ3v) is 3.17. The molecule has 0 unspecified atom stereocenters. The Hall–Kier alpha value is -2.36. The Morgan fingerprint density at radius 1 is 1.15 bits per heavy atom. The summed E-state index contributed by atoms with van der Waals surface area (Å²) < 4.78 is 4.83. The van der Waals surface area contributed by atoms with E-state index in [0.717, 1.165) is 16.3 Å². The van der Waals surface area contributed by atoms with Crippen LogP contribution in [0.1, 0.15) is 12.5 Å². The molecule has 0 heterocycles. The number of carboxylic acids is 1. The predicted molar refractivity (Wildman–Crippen MR) is 75.4 cm³/mol. The van der Waals surface area contributed by atoms with Crippen molar-refractivity contribution < 1.29 is 19.4 Å². The lowest BCUT2D eigenvalue weighted by Gasteiger charge is -2.13. The molecule has 4 nitrogen and oxygen atoms in total. The molecule has 0 aromatic heterocycles. The first kappa shape index (κ1) is 14.1. The number of hydrogen-bond donors (Lipinski definition) is 1. The fourth-order valence-electron chi connectivity index (χ4n) is 2.20. The fraction of sp³-hybridized carbons (Fsp3) is 0.250. The Morgan fingerprint density at radius 3 is 2.55 bits per heavy atom. The van der Waals surface area contributed by atoms with Gasteiger partial charge in [-0.05, 0) is 29.7 Å². The molecular formula is C16H16O4. The van der Waals surface area contributed by atoms with Gasteiger partial charge in [0.1, 0.15) is 0 Å². The SMILES string of the molecule is CCOC(=O)[C@@H](Cc1cccc2ccccc12)C(=O)O. The molecule has 0 bridgehead atoms. The van der Waals surface area contributed by atoms with Gasteiger partial charge in [-0.1, -0.05) is 42.5 Å². The number of esters is 1. The minimum atomic E-state index is -1.17. The zero-order valence-electron chi connectivity index (χ0n) is 11.2. The largest absolute Gasteiger partial charge is 0.481 e. The zero-order chi connectivity index (χ0) is 14.5. The van der Waals surface area contributed by atoms with Crippen LogP contribution in [0, 0.1) is 5.92 Å². The molecule has 2 rings (SSSR count). The van der Waals surface area contributed by atoms with Crippen molar-refractivity contribution in [2.75, 3.05) is 6.61 Å². The van der Waals surface area contributed by atoms with Gasteiger partial charge < -0.3 is 9.84 Å². The number of carboxylic acid groups (broad SMARTS) is 1. The Kier molecular flexibility index (Phi) is 4.35. The van der Waals surface area contributed by atoms with Crippen molar-refractivity contribution in [3.63, 3.8) is 0 Å². The standard InChI is InChI=1S/C16H16O4/c1-2-20-16(19)14(15(17)18)10-12-8-5-7-11-6-3-4-9-13(11)12/h3-9,14H,2,10H2,1H3,(H,17,18)/t14-/m0/s1. The minimum Gasteiger partial charge on any atom is -0.481 e. The van der Waals surface area contributed by atoms with Crippen LogP contribution in [0.15, 0.2) is 42.5 Å². The maximum Gasteiger partial charge on any atom is 0.320 e. The Balaban J connectivity index is 2.34. The second-order valence-corrected chi connectivity index (χ2v) is 4.49. The molecule has 0 saturated heterocycles. The number of rotatable bonds is 5. The van der Waals surface area contributed by atoms with Gasteiger partial charge >= 0.3 is 11.9 Å². The van der Waals surface area contributed by atoms with Crippen molar-refractivity contribution in [2.45, 2.75) is 13.3 Å². The molecule has 1 N–H and O–H groups in total. The van der Waals surface area contributed by atoms with E-state index >= 15 is 0 Å². The highest BCUT2D eigenvalue weighted by atomic mass is 16.5. The second kappa shape index (κ2) is 6.19. The molecular weight excluding hydrogens is 256 g/mol. The van der Waals surface area contributed by atoms with Crippen LogP contribution in [0.5, 0.6) is 0 Å². The lowest BCUT2D eigenvalue weighted by atomic mass is 9.95. The molecule has 0 aliphatic heterocycles. The molecule has 0 saturated carbocycles. The van der Waals surface area contributed by atoms with Gasteiger partial charge in [-0.3, -0.25) is 9.59 Å². The summed E-state index contributed by atoms with van der Waals surface area (Å²) in [6, 6.07) is 13.4. The maximum absolute atomic E-state index is 11.7. The molecule has 2 aromatic carbocycles. The monoisotopic (exact) mass is 272 g/mol.